The second kappa shape index (κ2) is 6.58. The van der Waals surface area contributed by atoms with Crippen LogP contribution in [-0.4, -0.2) is 63.0 Å². The lowest BCUT2D eigenvalue weighted by molar-refractivity contribution is -0.140. The number of nitrogens with two attached hydrogens (primary N) is 1. The molecule has 0 radical (unpaired) electrons. The third kappa shape index (κ3) is 3.99. The van der Waals surface area contributed by atoms with Crippen LogP contribution in [0.25, 0.3) is 0 Å². The second-order valence-corrected chi connectivity index (χ2v) is 3.73. The number of hydrogen-bond donors (Lipinski definition) is 5. The highest BCUT2D eigenvalue weighted by molar-refractivity contribution is 6.45. The van der Waals surface area contributed by atoms with Crippen LogP contribution >= 0.6 is 0 Å². The molecule has 7 nitrogen and oxygen atoms in total. The molecule has 0 aliphatic heterocycles. The first kappa shape index (κ1) is 15.9. The maximum atomic E-state index is 11.4. The predicted octanol–water partition coefficient (Wildman–Crippen LogP) is -2.90. The number of carbonyl (C=O) groups excluding carboxylic acids is 2. The molecule has 0 amide bonds. The van der Waals surface area contributed by atoms with E-state index in [0.717, 1.165) is 0 Å². The van der Waals surface area contributed by atoms with Gasteiger partial charge in [-0.15, -0.1) is 0 Å². The number of allylic oxidation sites excluding steroid dienone is 1. The Kier molecular flexibility index (Phi) is 6.14. The molecule has 0 aliphatic carbocycles. The van der Waals surface area contributed by atoms with Crippen molar-refractivity contribution in [2.24, 2.45) is 5.73 Å². The zero-order valence-electron chi connectivity index (χ0n) is 9.41. The summed E-state index contributed by atoms with van der Waals surface area (Å²) in [5.41, 5.74) is 5.23. The third-order valence-electron chi connectivity index (χ3n) is 2.21. The quantitative estimate of drug-likeness (QED) is 0.240. The summed E-state index contributed by atoms with van der Waals surface area (Å²) >= 11 is 0. The molecule has 98 valence electrons. The molecule has 0 heterocycles. The van der Waals surface area contributed by atoms with Crippen LogP contribution < -0.4 is 5.73 Å². The van der Waals surface area contributed by atoms with E-state index in [0.29, 0.717) is 0 Å². The van der Waals surface area contributed by atoms with Crippen molar-refractivity contribution in [1.82, 2.24) is 0 Å². The van der Waals surface area contributed by atoms with Gasteiger partial charge < -0.3 is 26.2 Å². The Labute approximate surface area is 98.2 Å². The summed E-state index contributed by atoms with van der Waals surface area (Å²) in [6, 6.07) is -1.68. The van der Waals surface area contributed by atoms with Gasteiger partial charge in [0.2, 0.25) is 11.6 Å². The average Bonchev–Trinajstić information content (AvgIpc) is 2.32. The van der Waals surface area contributed by atoms with Crippen LogP contribution in [0.3, 0.4) is 0 Å². The Morgan fingerprint density at radius 3 is 2.06 bits per heavy atom. The van der Waals surface area contributed by atoms with E-state index in [1.54, 1.807) is 0 Å². The molecule has 7 heteroatoms. The third-order valence-corrected chi connectivity index (χ3v) is 2.21. The molecule has 0 saturated carbocycles. The minimum Gasteiger partial charge on any atom is -0.394 e. The van der Waals surface area contributed by atoms with E-state index in [1.807, 2.05) is 0 Å². The van der Waals surface area contributed by atoms with Gasteiger partial charge in [-0.05, 0) is 12.5 Å². The Morgan fingerprint density at radius 1 is 1.24 bits per heavy atom. The molecule has 0 rings (SSSR count). The lowest BCUT2D eigenvalue weighted by Crippen LogP contribution is -2.54. The Balaban J connectivity index is 4.70. The summed E-state index contributed by atoms with van der Waals surface area (Å²) in [6.45, 7) is 3.75. The second-order valence-electron chi connectivity index (χ2n) is 3.73. The Morgan fingerprint density at radius 2 is 1.71 bits per heavy atom. The number of aliphatic hydroxyl groups is 4. The molecular formula is C10H17NO6. The van der Waals surface area contributed by atoms with E-state index in [4.69, 9.17) is 15.9 Å². The first-order valence-corrected chi connectivity index (χ1v) is 4.88. The number of Topliss-reactive ketones (excluding diaryl/α,β-unsaturated/α-hetero) is 2. The highest BCUT2D eigenvalue weighted by Gasteiger charge is 2.35. The summed E-state index contributed by atoms with van der Waals surface area (Å²) in [5.74, 6) is -2.07. The van der Waals surface area contributed by atoms with Crippen molar-refractivity contribution < 1.29 is 30.0 Å². The van der Waals surface area contributed by atoms with Gasteiger partial charge in [-0.1, -0.05) is 6.58 Å². The molecule has 0 bridgehead atoms. The lowest BCUT2D eigenvalue weighted by Gasteiger charge is -2.25. The predicted molar refractivity (Wildman–Crippen MR) is 57.9 cm³/mol. The van der Waals surface area contributed by atoms with Gasteiger partial charge in [0.05, 0.1) is 6.61 Å². The molecule has 4 atom stereocenters. The fraction of sp³-hybridized carbons (Fsp3) is 0.600. The molecular weight excluding hydrogens is 230 g/mol. The normalized spacial score (nSPS) is 18.0. The topological polar surface area (TPSA) is 141 Å². The molecule has 0 fully saturated rings. The van der Waals surface area contributed by atoms with E-state index in [1.165, 1.54) is 6.92 Å². The first-order chi connectivity index (χ1) is 7.73. The molecule has 0 saturated heterocycles. The first-order valence-electron chi connectivity index (χ1n) is 4.88. The van der Waals surface area contributed by atoms with Crippen molar-refractivity contribution in [1.29, 1.82) is 0 Å². The van der Waals surface area contributed by atoms with Gasteiger partial charge in [0.1, 0.15) is 24.4 Å². The summed E-state index contributed by atoms with van der Waals surface area (Å²) in [5, 5.41) is 36.3. The van der Waals surface area contributed by atoms with Crippen molar-refractivity contribution >= 4 is 11.6 Å². The fourth-order valence-corrected chi connectivity index (χ4v) is 1.06. The van der Waals surface area contributed by atoms with Crippen LogP contribution in [0.1, 0.15) is 6.92 Å². The SMILES string of the molecule is C=C(C)C(=O)C(=O)[C@@H](N)[C@@H](O)[C@H](O)[C@H](O)CO. The maximum absolute atomic E-state index is 11.4. The molecule has 6 N–H and O–H groups in total. The van der Waals surface area contributed by atoms with Crippen molar-refractivity contribution in [2.75, 3.05) is 6.61 Å². The van der Waals surface area contributed by atoms with Crippen molar-refractivity contribution in [2.45, 2.75) is 31.3 Å². The minimum atomic E-state index is -1.85. The number of aliphatic hydroxyl groups excluding tert-OH is 4. The Bertz CT molecular complexity index is 316. The maximum Gasteiger partial charge on any atom is 0.225 e. The van der Waals surface area contributed by atoms with Crippen molar-refractivity contribution in [3.05, 3.63) is 12.2 Å². The van der Waals surface area contributed by atoms with Gasteiger partial charge >= 0.3 is 0 Å². The van der Waals surface area contributed by atoms with Crippen LogP contribution in [-0.2, 0) is 9.59 Å². The van der Waals surface area contributed by atoms with Crippen LogP contribution in [0.15, 0.2) is 12.2 Å². The summed E-state index contributed by atoms with van der Waals surface area (Å²) in [7, 11) is 0. The number of carbonyl (C=O) groups is 2. The minimum absolute atomic E-state index is 0.0464. The molecule has 0 unspecified atom stereocenters. The molecule has 0 aromatic rings. The fourth-order valence-electron chi connectivity index (χ4n) is 1.06. The van der Waals surface area contributed by atoms with E-state index < -0.39 is 42.5 Å². The van der Waals surface area contributed by atoms with Gasteiger partial charge in [0.25, 0.3) is 0 Å². The number of hydrogen-bond acceptors (Lipinski definition) is 7. The lowest BCUT2D eigenvalue weighted by atomic mass is 9.95. The zero-order valence-corrected chi connectivity index (χ0v) is 9.41. The van der Waals surface area contributed by atoms with Crippen molar-refractivity contribution in [3.8, 4) is 0 Å². The van der Waals surface area contributed by atoms with Crippen LogP contribution in [0.4, 0.5) is 0 Å². The van der Waals surface area contributed by atoms with E-state index in [9.17, 15) is 19.8 Å². The Hall–Kier alpha value is -1.12. The van der Waals surface area contributed by atoms with E-state index >= 15 is 0 Å². The van der Waals surface area contributed by atoms with E-state index in [2.05, 4.69) is 6.58 Å². The highest BCUT2D eigenvalue weighted by atomic mass is 16.4. The monoisotopic (exact) mass is 247 g/mol. The van der Waals surface area contributed by atoms with Crippen LogP contribution in [0.2, 0.25) is 0 Å². The molecule has 0 aromatic carbocycles. The standard InChI is InChI=1S/C10H17NO6/c1-4(2)7(14)9(16)6(11)10(17)8(15)5(13)3-12/h5-6,8,10,12-13,15,17H,1,3,11H2,2H3/t5-,6-,8-,10-/m1/s1. The van der Waals surface area contributed by atoms with Crippen molar-refractivity contribution in [3.63, 3.8) is 0 Å². The molecule has 17 heavy (non-hydrogen) atoms. The smallest absolute Gasteiger partial charge is 0.225 e. The van der Waals surface area contributed by atoms with E-state index in [-0.39, 0.29) is 5.57 Å². The van der Waals surface area contributed by atoms with Gasteiger partial charge in [-0.25, -0.2) is 0 Å². The average molecular weight is 247 g/mol. The summed E-state index contributed by atoms with van der Waals surface area (Å²) in [4.78, 5) is 22.6. The zero-order chi connectivity index (χ0) is 13.7. The molecule has 0 aromatic heterocycles. The van der Waals surface area contributed by atoms with Gasteiger partial charge in [-0.3, -0.25) is 9.59 Å². The number of ketones is 2. The summed E-state index contributed by atoms with van der Waals surface area (Å²) in [6.07, 6.45) is -5.33. The highest BCUT2D eigenvalue weighted by Crippen LogP contribution is 2.06. The van der Waals surface area contributed by atoms with Gasteiger partial charge in [0, 0.05) is 0 Å². The number of rotatable bonds is 7. The van der Waals surface area contributed by atoms with Gasteiger partial charge in [0.15, 0.2) is 0 Å². The summed E-state index contributed by atoms with van der Waals surface area (Å²) < 4.78 is 0. The van der Waals surface area contributed by atoms with Crippen LogP contribution in [0.5, 0.6) is 0 Å². The van der Waals surface area contributed by atoms with Gasteiger partial charge in [-0.2, -0.15) is 0 Å². The van der Waals surface area contributed by atoms with Crippen LogP contribution in [0, 0.1) is 0 Å². The largest absolute Gasteiger partial charge is 0.394 e. The molecule has 0 spiro atoms. The molecule has 0 aliphatic rings.